The van der Waals surface area contributed by atoms with E-state index in [2.05, 4.69) is 4.90 Å². The second-order valence-electron chi connectivity index (χ2n) is 9.18. The Labute approximate surface area is 265 Å². The van der Waals surface area contributed by atoms with Crippen LogP contribution in [0.15, 0.2) is 11.1 Å². The predicted molar refractivity (Wildman–Crippen MR) is 147 cm³/mol. The van der Waals surface area contributed by atoms with Gasteiger partial charge in [-0.2, -0.15) is 0 Å². The van der Waals surface area contributed by atoms with Gasteiger partial charge in [-0.3, -0.25) is 14.5 Å². The van der Waals surface area contributed by atoms with E-state index in [1.807, 2.05) is 116 Å². The minimum Gasteiger partial charge on any atom is -0.465 e. The van der Waals surface area contributed by atoms with Crippen molar-refractivity contribution < 1.29 is 53.2 Å². The third-order valence-electron chi connectivity index (χ3n) is 6.82. The minimum absolute atomic E-state index is 0. The fourth-order valence-electron chi connectivity index (χ4n) is 5.30. The van der Waals surface area contributed by atoms with Crippen molar-refractivity contribution >= 4 is 11.8 Å². The van der Waals surface area contributed by atoms with Crippen molar-refractivity contribution in [2.45, 2.75) is 19.4 Å². The van der Waals surface area contributed by atoms with Crippen LogP contribution in [0, 0.1) is 133 Å². The van der Waals surface area contributed by atoms with Crippen LogP contribution in [0.3, 0.4) is 0 Å². The van der Waals surface area contributed by atoms with Crippen LogP contribution in [-0.4, -0.2) is 55.1 Å². The summed E-state index contributed by atoms with van der Waals surface area (Å²) >= 11 is 0. The molecule has 20 radical (unpaired) electrons. The molecule has 1 heterocycles. The molecule has 1 unspecified atom stereocenters. The molecule has 208 valence electrons. The predicted octanol–water partition coefficient (Wildman–Crippen LogP) is 3.98. The molecule has 0 aromatic rings. The molecule has 1 saturated heterocycles. The van der Waals surface area contributed by atoms with Gasteiger partial charge in [-0.25, -0.2) is 0 Å². The van der Waals surface area contributed by atoms with E-state index in [4.69, 9.17) is 9.47 Å². The molecule has 0 aromatic carbocycles. The summed E-state index contributed by atoms with van der Waals surface area (Å²) < 4.78 is 10.9. The first-order valence-electron chi connectivity index (χ1n) is 13.1. The molecule has 1 aliphatic heterocycles. The van der Waals surface area contributed by atoms with Crippen LogP contribution in [0.2, 0.25) is 0 Å². The smallest absolute Gasteiger partial charge is 0.465 e. The summed E-state index contributed by atoms with van der Waals surface area (Å²) in [6.45, 7) is 6.00. The summed E-state index contributed by atoms with van der Waals surface area (Å²) in [6, 6.07) is 0. The van der Waals surface area contributed by atoms with E-state index in [0.717, 1.165) is 23.0 Å². The van der Waals surface area contributed by atoms with Crippen LogP contribution in [0.25, 0.3) is 0 Å². The standard InChI is InChI=1S/C23H25NO4.2C5H5.2Fe/c1-3-28-22(26)19(16(2)25)23(24-12-14-27-15-13-24)20(17-8-4-5-9-17)21(23)18-10-6-7-11-18;2*1-2-4-5-3-1;;/h4-11,19H,3,12-15H2,1-2H3;2*1-5H;;/q;;;2*+2. The van der Waals surface area contributed by atoms with Gasteiger partial charge in [-0.05, 0) is 141 Å². The number of Topliss-reactive ketones (excluding diaryl/α,β-unsaturated/α-hetero) is 1. The molecule has 6 rings (SSSR count). The molecule has 4 saturated carbocycles. The Kier molecular flexibility index (Phi) is 16.7. The molecule has 0 amide bonds. The number of ether oxygens (including phenoxy) is 2. The van der Waals surface area contributed by atoms with E-state index < -0.39 is 17.4 Å². The van der Waals surface area contributed by atoms with E-state index in [-0.39, 0.29) is 46.5 Å². The average Bonchev–Trinajstić information content (AvgIpc) is 3.68. The monoisotopic (exact) mass is 621 g/mol. The Morgan fingerprint density at radius 1 is 0.750 bits per heavy atom. The van der Waals surface area contributed by atoms with Crippen LogP contribution >= 0.6 is 0 Å². The number of nitrogens with zero attached hydrogens (tertiary/aromatic N) is 1. The van der Waals surface area contributed by atoms with Gasteiger partial charge in [0.15, 0.2) is 0 Å². The molecular formula is C33H35Fe2NO4+4. The van der Waals surface area contributed by atoms with Crippen molar-refractivity contribution in [1.29, 1.82) is 0 Å². The third-order valence-corrected chi connectivity index (χ3v) is 6.82. The van der Waals surface area contributed by atoms with Crippen molar-refractivity contribution in [2.24, 2.45) is 5.92 Å². The van der Waals surface area contributed by atoms with Crippen LogP contribution in [0.1, 0.15) is 13.8 Å². The Morgan fingerprint density at radius 2 is 1.12 bits per heavy atom. The molecule has 0 spiro atoms. The van der Waals surface area contributed by atoms with Gasteiger partial charge in [0.2, 0.25) is 0 Å². The number of rotatable bonds is 7. The second-order valence-corrected chi connectivity index (χ2v) is 9.18. The molecule has 0 N–H and O–H groups in total. The average molecular weight is 621 g/mol. The summed E-state index contributed by atoms with van der Waals surface area (Å²) in [4.78, 5) is 28.1. The van der Waals surface area contributed by atoms with Crippen molar-refractivity contribution in [1.82, 2.24) is 4.90 Å². The zero-order valence-corrected chi connectivity index (χ0v) is 25.0. The number of esters is 1. The Balaban J connectivity index is 0.000000392. The Bertz CT molecular complexity index is 739. The van der Waals surface area contributed by atoms with Gasteiger partial charge < -0.3 is 9.47 Å². The van der Waals surface area contributed by atoms with Gasteiger partial charge >= 0.3 is 40.1 Å². The van der Waals surface area contributed by atoms with Crippen molar-refractivity contribution in [3.05, 3.63) is 139 Å². The molecule has 0 aromatic heterocycles. The van der Waals surface area contributed by atoms with Crippen LogP contribution < -0.4 is 0 Å². The molecule has 6 aliphatic rings. The fourth-order valence-corrected chi connectivity index (χ4v) is 5.30. The van der Waals surface area contributed by atoms with Crippen molar-refractivity contribution in [3.8, 4) is 0 Å². The molecular weight excluding hydrogens is 586 g/mol. The molecule has 5 nitrogen and oxygen atoms in total. The number of ketones is 1. The number of hydrogen-bond acceptors (Lipinski definition) is 5. The Morgan fingerprint density at radius 3 is 1.45 bits per heavy atom. The summed E-state index contributed by atoms with van der Waals surface area (Å²) in [7, 11) is 0. The van der Waals surface area contributed by atoms with Gasteiger partial charge in [0, 0.05) is 24.9 Å². The molecule has 5 aliphatic carbocycles. The van der Waals surface area contributed by atoms with Gasteiger partial charge in [0.25, 0.3) is 0 Å². The van der Waals surface area contributed by atoms with Gasteiger partial charge in [-0.1, -0.05) is 0 Å². The number of hydrogen-bond donors (Lipinski definition) is 0. The normalized spacial score (nSPS) is 25.1. The molecule has 1 atom stereocenters. The zero-order valence-electron chi connectivity index (χ0n) is 22.8. The summed E-state index contributed by atoms with van der Waals surface area (Å²) in [5.41, 5.74) is 1.34. The maximum atomic E-state index is 13.0. The number of morpholine rings is 1. The molecule has 40 heavy (non-hydrogen) atoms. The largest absolute Gasteiger partial charge is 2.00 e. The third kappa shape index (κ3) is 8.70. The quantitative estimate of drug-likeness (QED) is 0.245. The molecule has 0 bridgehead atoms. The van der Waals surface area contributed by atoms with Gasteiger partial charge in [0.1, 0.15) is 11.7 Å². The van der Waals surface area contributed by atoms with E-state index in [1.54, 1.807) is 6.92 Å². The first-order chi connectivity index (χ1) is 18.6. The van der Waals surface area contributed by atoms with E-state index >= 15 is 0 Å². The maximum absolute atomic E-state index is 13.0. The zero-order chi connectivity index (χ0) is 26.8. The molecule has 7 heteroatoms. The van der Waals surface area contributed by atoms with Crippen LogP contribution in [0.4, 0.5) is 0 Å². The summed E-state index contributed by atoms with van der Waals surface area (Å²) in [5.74, 6) is 0.597. The SMILES string of the molecule is CCOC(=O)C(C(C)=O)C1(N2CCOCC2)C([C]2[CH][CH][CH][CH]2)=C1[C]1[CH][CH][CH][CH]1.[CH]1[CH][CH][CH][CH]1.[CH]1[CH][CH][CH][CH]1.[Fe+2].[Fe+2]. The summed E-state index contributed by atoms with van der Waals surface area (Å²) in [6.07, 6.45) is 36.1. The van der Waals surface area contributed by atoms with Crippen molar-refractivity contribution in [2.75, 3.05) is 32.9 Å². The second kappa shape index (κ2) is 18.5. The van der Waals surface area contributed by atoms with E-state index in [9.17, 15) is 9.59 Å². The van der Waals surface area contributed by atoms with Crippen LogP contribution in [-0.2, 0) is 53.2 Å². The van der Waals surface area contributed by atoms with Gasteiger partial charge in [0.05, 0.1) is 25.4 Å². The number of carbonyl (C=O) groups is 2. The van der Waals surface area contributed by atoms with E-state index in [0.29, 0.717) is 26.3 Å². The number of carbonyl (C=O) groups excluding carboxylic acids is 2. The van der Waals surface area contributed by atoms with E-state index in [1.165, 1.54) is 6.92 Å². The maximum Gasteiger partial charge on any atom is 2.00 e. The minimum atomic E-state index is -0.889. The molecule has 5 fully saturated rings. The fraction of sp³-hybridized carbons (Fsp3) is 0.273. The Hall–Kier alpha value is -0.161. The van der Waals surface area contributed by atoms with Crippen LogP contribution in [0.5, 0.6) is 0 Å². The topological polar surface area (TPSA) is 55.8 Å². The van der Waals surface area contributed by atoms with Crippen molar-refractivity contribution in [3.63, 3.8) is 0 Å². The first-order valence-corrected chi connectivity index (χ1v) is 13.1. The summed E-state index contributed by atoms with van der Waals surface area (Å²) in [5, 5.41) is 0. The first kappa shape index (κ1) is 36.0. The van der Waals surface area contributed by atoms with Gasteiger partial charge in [-0.15, -0.1) is 0 Å².